The van der Waals surface area contributed by atoms with Crippen LogP contribution in [-0.4, -0.2) is 42.9 Å². The summed E-state index contributed by atoms with van der Waals surface area (Å²) >= 11 is 0. The molecule has 0 saturated carbocycles. The van der Waals surface area contributed by atoms with Crippen LogP contribution in [0.2, 0.25) is 0 Å². The number of hydrogen-bond donors (Lipinski definition) is 1. The zero-order chi connectivity index (χ0) is 26.6. The minimum Gasteiger partial charge on any atom is -0.386 e. The Bertz CT molecular complexity index is 1610. The Morgan fingerprint density at radius 2 is 1.82 bits per heavy atom. The van der Waals surface area contributed by atoms with E-state index in [0.717, 1.165) is 46.4 Å². The average Bonchev–Trinajstić information content (AvgIpc) is 3.41. The zero-order valence-corrected chi connectivity index (χ0v) is 22.1. The third-order valence-electron chi connectivity index (χ3n) is 7.80. The van der Waals surface area contributed by atoms with Gasteiger partial charge in [0.05, 0.1) is 45.0 Å². The topological polar surface area (TPSA) is 78.0 Å². The number of fused-ring (bicyclic) bond motifs is 3. The summed E-state index contributed by atoms with van der Waals surface area (Å²) in [5, 5.41) is 19.7. The molecule has 1 fully saturated rings. The number of hydrogen-bond acceptors (Lipinski definition) is 5. The number of ether oxygens (including phenoxy) is 1. The highest BCUT2D eigenvalue weighted by Gasteiger charge is 2.32. The molecule has 0 radical (unpaired) electrons. The Labute approximate surface area is 220 Å². The summed E-state index contributed by atoms with van der Waals surface area (Å²) in [6, 6.07) is 15.8. The number of rotatable bonds is 5. The average molecular weight is 514 g/mol. The number of pyridine rings is 1. The van der Waals surface area contributed by atoms with Crippen molar-refractivity contribution < 1.29 is 14.2 Å². The third-order valence-corrected chi connectivity index (χ3v) is 7.80. The Morgan fingerprint density at radius 3 is 2.47 bits per heavy atom. The molecule has 2 aromatic carbocycles. The fraction of sp³-hybridized carbons (Fsp3) is 0.367. The SMILES string of the molecule is Cc1nnn(C)c1-c1cnc2c3c(F)cc(C(C)(C)O)cc3n(C(c3ccccc3)C3CCOCC3)c2c1. The van der Waals surface area contributed by atoms with Gasteiger partial charge in [0.25, 0.3) is 0 Å². The first-order chi connectivity index (χ1) is 18.2. The van der Waals surface area contributed by atoms with E-state index < -0.39 is 5.60 Å². The van der Waals surface area contributed by atoms with Crippen LogP contribution in [0.15, 0.2) is 54.7 Å². The molecule has 1 aliphatic heterocycles. The lowest BCUT2D eigenvalue weighted by Gasteiger charge is -2.33. The van der Waals surface area contributed by atoms with Gasteiger partial charge in [-0.1, -0.05) is 35.5 Å². The number of benzene rings is 2. The summed E-state index contributed by atoms with van der Waals surface area (Å²) in [6.45, 7) is 6.67. The number of nitrogens with zero attached hydrogens (tertiary/aromatic N) is 5. The standard InChI is InChI=1S/C30H32FN5O2/c1-18-28(35(4)34-33-18)21-14-25-27(32-17-21)26-23(31)15-22(30(2,3)37)16-24(26)36(25)29(19-8-6-5-7-9-19)20-10-12-38-13-11-20/h5-9,14-17,20,29,37H,10-13H2,1-4H3. The van der Waals surface area contributed by atoms with Crippen molar-refractivity contribution in [2.24, 2.45) is 13.0 Å². The van der Waals surface area contributed by atoms with E-state index in [2.05, 4.69) is 33.1 Å². The van der Waals surface area contributed by atoms with Crippen LogP contribution < -0.4 is 0 Å². The van der Waals surface area contributed by atoms with Crippen molar-refractivity contribution in [3.8, 4) is 11.3 Å². The fourth-order valence-electron chi connectivity index (χ4n) is 5.93. The molecule has 4 heterocycles. The van der Waals surface area contributed by atoms with Gasteiger partial charge in [-0.3, -0.25) is 4.98 Å². The molecule has 196 valence electrons. The molecule has 1 unspecified atom stereocenters. The first-order valence-corrected chi connectivity index (χ1v) is 13.1. The molecule has 1 atom stereocenters. The second kappa shape index (κ2) is 9.29. The molecule has 1 saturated heterocycles. The minimum atomic E-state index is -1.20. The summed E-state index contributed by atoms with van der Waals surface area (Å²) in [5.41, 5.74) is 5.18. The van der Waals surface area contributed by atoms with E-state index in [4.69, 9.17) is 9.72 Å². The lowest BCUT2D eigenvalue weighted by atomic mass is 9.86. The molecule has 0 amide bonds. The molecule has 3 aromatic heterocycles. The van der Waals surface area contributed by atoms with E-state index in [-0.39, 0.29) is 17.8 Å². The van der Waals surface area contributed by atoms with Gasteiger partial charge in [0.1, 0.15) is 5.82 Å². The molecule has 38 heavy (non-hydrogen) atoms. The lowest BCUT2D eigenvalue weighted by molar-refractivity contribution is 0.0552. The molecule has 0 bridgehead atoms. The van der Waals surface area contributed by atoms with Gasteiger partial charge in [0, 0.05) is 32.0 Å². The van der Waals surface area contributed by atoms with Crippen LogP contribution in [0.3, 0.4) is 0 Å². The third kappa shape index (κ3) is 4.08. The minimum absolute atomic E-state index is 0.0700. The van der Waals surface area contributed by atoms with Crippen LogP contribution in [0.5, 0.6) is 0 Å². The van der Waals surface area contributed by atoms with Crippen molar-refractivity contribution in [2.75, 3.05) is 13.2 Å². The first kappa shape index (κ1) is 24.7. The van der Waals surface area contributed by atoms with E-state index in [0.29, 0.717) is 29.7 Å². The van der Waals surface area contributed by atoms with Crippen molar-refractivity contribution in [1.29, 1.82) is 0 Å². The smallest absolute Gasteiger partial charge is 0.135 e. The predicted molar refractivity (Wildman–Crippen MR) is 145 cm³/mol. The normalized spacial score (nSPS) is 15.9. The summed E-state index contributed by atoms with van der Waals surface area (Å²) in [4.78, 5) is 4.83. The van der Waals surface area contributed by atoms with Crippen molar-refractivity contribution >= 4 is 21.9 Å². The zero-order valence-electron chi connectivity index (χ0n) is 22.1. The van der Waals surface area contributed by atoms with Gasteiger partial charge >= 0.3 is 0 Å². The number of aryl methyl sites for hydroxylation is 2. The van der Waals surface area contributed by atoms with Crippen LogP contribution in [-0.2, 0) is 17.4 Å². The Balaban J connectivity index is 1.72. The molecule has 1 aliphatic rings. The van der Waals surface area contributed by atoms with Crippen molar-refractivity contribution in [1.82, 2.24) is 24.5 Å². The molecule has 5 aromatic rings. The van der Waals surface area contributed by atoms with Gasteiger partial charge in [-0.15, -0.1) is 5.10 Å². The molecular formula is C30H32FN5O2. The van der Waals surface area contributed by atoms with Crippen molar-refractivity contribution in [2.45, 2.75) is 45.3 Å². The quantitative estimate of drug-likeness (QED) is 0.327. The summed E-state index contributed by atoms with van der Waals surface area (Å²) in [6.07, 6.45) is 3.56. The Hall–Kier alpha value is -3.62. The second-order valence-corrected chi connectivity index (χ2v) is 10.8. The van der Waals surface area contributed by atoms with Crippen molar-refractivity contribution in [3.05, 3.63) is 77.4 Å². The number of aromatic nitrogens is 5. The van der Waals surface area contributed by atoms with E-state index >= 15 is 4.39 Å². The summed E-state index contributed by atoms with van der Waals surface area (Å²) in [5.74, 6) is -0.108. The molecular weight excluding hydrogens is 481 g/mol. The Kier molecular flexibility index (Phi) is 6.04. The lowest BCUT2D eigenvalue weighted by Crippen LogP contribution is -2.27. The molecule has 1 N–H and O–H groups in total. The highest BCUT2D eigenvalue weighted by molar-refractivity contribution is 6.07. The van der Waals surface area contributed by atoms with Crippen LogP contribution >= 0.6 is 0 Å². The number of aliphatic hydroxyl groups is 1. The van der Waals surface area contributed by atoms with Gasteiger partial charge in [0.15, 0.2) is 0 Å². The van der Waals surface area contributed by atoms with E-state index in [1.165, 1.54) is 6.07 Å². The van der Waals surface area contributed by atoms with Crippen LogP contribution in [0.1, 0.15) is 49.6 Å². The van der Waals surface area contributed by atoms with Crippen molar-refractivity contribution in [3.63, 3.8) is 0 Å². The van der Waals surface area contributed by atoms with Gasteiger partial charge in [-0.25, -0.2) is 9.07 Å². The van der Waals surface area contributed by atoms with Gasteiger partial charge in [-0.05, 0) is 68.9 Å². The maximum absolute atomic E-state index is 15.9. The molecule has 0 spiro atoms. The second-order valence-electron chi connectivity index (χ2n) is 10.8. The summed E-state index contributed by atoms with van der Waals surface area (Å²) in [7, 11) is 1.86. The maximum Gasteiger partial charge on any atom is 0.135 e. The monoisotopic (exact) mass is 513 g/mol. The predicted octanol–water partition coefficient (Wildman–Crippen LogP) is 5.68. The molecule has 6 rings (SSSR count). The first-order valence-electron chi connectivity index (χ1n) is 13.1. The van der Waals surface area contributed by atoms with Crippen LogP contribution in [0.4, 0.5) is 4.39 Å². The van der Waals surface area contributed by atoms with E-state index in [1.807, 2.05) is 38.2 Å². The molecule has 0 aliphatic carbocycles. The van der Waals surface area contributed by atoms with Crippen LogP contribution in [0.25, 0.3) is 33.2 Å². The highest BCUT2D eigenvalue weighted by Crippen LogP contribution is 2.42. The molecule has 7 nitrogen and oxygen atoms in total. The van der Waals surface area contributed by atoms with E-state index in [1.54, 1.807) is 24.7 Å². The van der Waals surface area contributed by atoms with Gasteiger partial charge < -0.3 is 14.4 Å². The highest BCUT2D eigenvalue weighted by atomic mass is 19.1. The number of halogens is 1. The van der Waals surface area contributed by atoms with Gasteiger partial charge in [-0.2, -0.15) is 0 Å². The fourth-order valence-corrected chi connectivity index (χ4v) is 5.93. The van der Waals surface area contributed by atoms with Crippen LogP contribution in [0, 0.1) is 18.7 Å². The largest absolute Gasteiger partial charge is 0.386 e. The van der Waals surface area contributed by atoms with Gasteiger partial charge in [0.2, 0.25) is 0 Å². The molecule has 8 heteroatoms. The summed E-state index contributed by atoms with van der Waals surface area (Å²) < 4.78 is 25.6. The van der Waals surface area contributed by atoms with E-state index in [9.17, 15) is 5.11 Å². The maximum atomic E-state index is 15.9. The Morgan fingerprint density at radius 1 is 1.08 bits per heavy atom.